The SMILES string of the molecule is CCCOc1ccc([C@@H]2[C@@H]3C(=O)N(c4ccc(C#N)cc4)C(=O)[C@@H]3ON2c2ccccc2)cc1OCC. The summed E-state index contributed by atoms with van der Waals surface area (Å²) in [6, 6.07) is 22.9. The van der Waals surface area contributed by atoms with Crippen LogP contribution >= 0.6 is 0 Å². The Hall–Kier alpha value is -4.35. The van der Waals surface area contributed by atoms with Gasteiger partial charge in [0.25, 0.3) is 5.91 Å². The number of amides is 2. The van der Waals surface area contributed by atoms with Crippen molar-refractivity contribution in [3.05, 3.63) is 83.9 Å². The molecule has 2 aliphatic rings. The number of fused-ring (bicyclic) bond motifs is 1. The first-order chi connectivity index (χ1) is 18.1. The predicted molar refractivity (Wildman–Crippen MR) is 137 cm³/mol. The number of rotatable bonds is 8. The van der Waals surface area contributed by atoms with Crippen molar-refractivity contribution in [2.45, 2.75) is 32.4 Å². The fourth-order valence-electron chi connectivity index (χ4n) is 4.80. The molecule has 3 atom stereocenters. The Kier molecular flexibility index (Phi) is 6.80. The number of carbonyl (C=O) groups excluding carboxylic acids is 2. The van der Waals surface area contributed by atoms with Crippen LogP contribution in [0.4, 0.5) is 11.4 Å². The summed E-state index contributed by atoms with van der Waals surface area (Å²) in [5.74, 6) is -0.364. The third-order valence-electron chi connectivity index (χ3n) is 6.45. The number of para-hydroxylation sites is 1. The number of anilines is 2. The van der Waals surface area contributed by atoms with Crippen LogP contribution in [0.2, 0.25) is 0 Å². The minimum absolute atomic E-state index is 0.354. The third-order valence-corrected chi connectivity index (χ3v) is 6.45. The normalized spacial score (nSPS) is 20.6. The van der Waals surface area contributed by atoms with Gasteiger partial charge < -0.3 is 9.47 Å². The first-order valence-corrected chi connectivity index (χ1v) is 12.4. The smallest absolute Gasteiger partial charge is 0.266 e. The van der Waals surface area contributed by atoms with Gasteiger partial charge in [-0.1, -0.05) is 31.2 Å². The number of benzene rings is 3. The summed E-state index contributed by atoms with van der Waals surface area (Å²) in [6.07, 6.45) is -0.128. The second-order valence-corrected chi connectivity index (χ2v) is 8.82. The molecule has 3 aromatic rings. The lowest BCUT2D eigenvalue weighted by molar-refractivity contribution is -0.126. The molecule has 2 saturated heterocycles. The van der Waals surface area contributed by atoms with Crippen LogP contribution in [0, 0.1) is 17.2 Å². The van der Waals surface area contributed by atoms with Crippen molar-refractivity contribution >= 4 is 23.2 Å². The molecule has 0 radical (unpaired) electrons. The van der Waals surface area contributed by atoms with E-state index in [4.69, 9.17) is 19.6 Å². The van der Waals surface area contributed by atoms with E-state index < -0.39 is 24.0 Å². The van der Waals surface area contributed by atoms with Crippen LogP contribution in [0.5, 0.6) is 11.5 Å². The molecule has 2 fully saturated rings. The van der Waals surface area contributed by atoms with Gasteiger partial charge in [0, 0.05) is 0 Å². The summed E-state index contributed by atoms with van der Waals surface area (Å²) >= 11 is 0. The second kappa shape index (κ2) is 10.3. The highest BCUT2D eigenvalue weighted by molar-refractivity contribution is 6.23. The second-order valence-electron chi connectivity index (χ2n) is 8.82. The highest BCUT2D eigenvalue weighted by atomic mass is 16.7. The van der Waals surface area contributed by atoms with Crippen LogP contribution in [-0.2, 0) is 14.4 Å². The molecule has 0 spiro atoms. The minimum Gasteiger partial charge on any atom is -0.490 e. The maximum Gasteiger partial charge on any atom is 0.266 e. The molecule has 2 aliphatic heterocycles. The largest absolute Gasteiger partial charge is 0.490 e. The van der Waals surface area contributed by atoms with Crippen molar-refractivity contribution < 1.29 is 23.9 Å². The van der Waals surface area contributed by atoms with Crippen molar-refractivity contribution in [1.29, 1.82) is 5.26 Å². The molecule has 8 heteroatoms. The van der Waals surface area contributed by atoms with Gasteiger partial charge in [0.2, 0.25) is 5.91 Å². The fourth-order valence-corrected chi connectivity index (χ4v) is 4.80. The predicted octanol–water partition coefficient (Wildman–Crippen LogP) is 4.80. The maximum absolute atomic E-state index is 13.8. The molecule has 0 bridgehead atoms. The van der Waals surface area contributed by atoms with Gasteiger partial charge in [-0.25, -0.2) is 9.96 Å². The van der Waals surface area contributed by atoms with Gasteiger partial charge in [-0.2, -0.15) is 5.26 Å². The Balaban J connectivity index is 1.56. The van der Waals surface area contributed by atoms with Gasteiger partial charge in [-0.05, 0) is 67.4 Å². The van der Waals surface area contributed by atoms with E-state index in [1.54, 1.807) is 29.3 Å². The van der Waals surface area contributed by atoms with Crippen molar-refractivity contribution in [2.75, 3.05) is 23.2 Å². The van der Waals surface area contributed by atoms with Gasteiger partial charge in [-0.3, -0.25) is 14.4 Å². The summed E-state index contributed by atoms with van der Waals surface area (Å²) in [5, 5.41) is 10.8. The molecular formula is C29H27N3O5. The zero-order chi connectivity index (χ0) is 25.9. The molecule has 2 amide bonds. The van der Waals surface area contributed by atoms with Crippen molar-refractivity contribution in [3.8, 4) is 17.6 Å². The molecule has 3 aromatic carbocycles. The molecule has 0 saturated carbocycles. The molecule has 37 heavy (non-hydrogen) atoms. The average molecular weight is 498 g/mol. The molecular weight excluding hydrogens is 470 g/mol. The monoisotopic (exact) mass is 497 g/mol. The number of hydroxylamine groups is 1. The quantitative estimate of drug-likeness (QED) is 0.413. The number of carbonyl (C=O) groups is 2. The van der Waals surface area contributed by atoms with Crippen molar-refractivity contribution in [2.24, 2.45) is 5.92 Å². The van der Waals surface area contributed by atoms with Crippen LogP contribution in [0.3, 0.4) is 0 Å². The van der Waals surface area contributed by atoms with Crippen LogP contribution in [-0.4, -0.2) is 31.1 Å². The van der Waals surface area contributed by atoms with E-state index >= 15 is 0 Å². The van der Waals surface area contributed by atoms with E-state index in [0.717, 1.165) is 22.6 Å². The lowest BCUT2D eigenvalue weighted by Crippen LogP contribution is -2.37. The molecule has 5 rings (SSSR count). The topological polar surface area (TPSA) is 92.1 Å². The summed E-state index contributed by atoms with van der Waals surface area (Å²) in [7, 11) is 0. The molecule has 0 N–H and O–H groups in total. The lowest BCUT2D eigenvalue weighted by atomic mass is 9.90. The van der Waals surface area contributed by atoms with E-state index in [1.165, 1.54) is 0 Å². The van der Waals surface area contributed by atoms with Crippen LogP contribution in [0.25, 0.3) is 0 Å². The van der Waals surface area contributed by atoms with Crippen LogP contribution in [0.1, 0.15) is 37.4 Å². The first-order valence-electron chi connectivity index (χ1n) is 12.4. The zero-order valence-corrected chi connectivity index (χ0v) is 20.7. The minimum atomic E-state index is -0.986. The highest BCUT2D eigenvalue weighted by Gasteiger charge is 2.60. The summed E-state index contributed by atoms with van der Waals surface area (Å²) in [5.41, 5.74) is 2.36. The van der Waals surface area contributed by atoms with Crippen LogP contribution in [0.15, 0.2) is 72.8 Å². The lowest BCUT2D eigenvalue weighted by Gasteiger charge is -2.29. The van der Waals surface area contributed by atoms with Crippen molar-refractivity contribution in [3.63, 3.8) is 0 Å². The third kappa shape index (κ3) is 4.39. The van der Waals surface area contributed by atoms with E-state index in [2.05, 4.69) is 6.07 Å². The van der Waals surface area contributed by atoms with E-state index in [-0.39, 0.29) is 5.91 Å². The van der Waals surface area contributed by atoms with Crippen molar-refractivity contribution in [1.82, 2.24) is 0 Å². The summed E-state index contributed by atoms with van der Waals surface area (Å²) < 4.78 is 11.7. The van der Waals surface area contributed by atoms with E-state index in [1.807, 2.05) is 62.4 Å². The Bertz CT molecular complexity index is 1340. The molecule has 2 heterocycles. The van der Waals surface area contributed by atoms with Gasteiger partial charge in [-0.15, -0.1) is 0 Å². The van der Waals surface area contributed by atoms with Gasteiger partial charge >= 0.3 is 0 Å². The molecule has 0 aromatic heterocycles. The summed E-state index contributed by atoms with van der Waals surface area (Å²) in [6.45, 7) is 4.94. The number of ether oxygens (including phenoxy) is 2. The number of nitriles is 1. The number of hydrogen-bond donors (Lipinski definition) is 0. The molecule has 0 aliphatic carbocycles. The zero-order valence-electron chi connectivity index (χ0n) is 20.7. The Morgan fingerprint density at radius 3 is 2.32 bits per heavy atom. The van der Waals surface area contributed by atoms with Gasteiger partial charge in [0.15, 0.2) is 17.6 Å². The number of imide groups is 1. The highest BCUT2D eigenvalue weighted by Crippen LogP contribution is 2.48. The number of nitrogens with zero attached hydrogens (tertiary/aromatic N) is 3. The fraction of sp³-hybridized carbons (Fsp3) is 0.276. The maximum atomic E-state index is 13.8. The average Bonchev–Trinajstić information content (AvgIpc) is 3.44. The van der Waals surface area contributed by atoms with Gasteiger partial charge in [0.1, 0.15) is 5.92 Å². The van der Waals surface area contributed by atoms with E-state index in [0.29, 0.717) is 36.0 Å². The standard InChI is InChI=1S/C29H27N3O5/c1-3-16-36-23-15-12-20(17-24(23)35-4-2)26-25-27(37-32(26)22-8-6-5-7-9-22)29(34)31(28(25)33)21-13-10-19(18-30)11-14-21/h5-15,17,25-27H,3-4,16H2,1-2H3/t25-,26+,27+/m0/s1. The molecule has 8 nitrogen and oxygen atoms in total. The molecule has 188 valence electrons. The van der Waals surface area contributed by atoms with Crippen LogP contribution < -0.4 is 19.4 Å². The Morgan fingerprint density at radius 1 is 0.892 bits per heavy atom. The summed E-state index contributed by atoms with van der Waals surface area (Å²) in [4.78, 5) is 34.7. The first kappa shape index (κ1) is 24.3. The number of hydrogen-bond acceptors (Lipinski definition) is 7. The van der Waals surface area contributed by atoms with E-state index in [9.17, 15) is 9.59 Å². The molecule has 0 unspecified atom stereocenters. The Labute approximate surface area is 215 Å². The van der Waals surface area contributed by atoms with Gasteiger partial charge in [0.05, 0.1) is 42.3 Å². The Morgan fingerprint density at radius 2 is 1.65 bits per heavy atom.